The molecule has 0 amide bonds. The molecule has 0 heterocycles. The second-order valence-corrected chi connectivity index (χ2v) is 8.99. The van der Waals surface area contributed by atoms with Gasteiger partial charge in [-0.05, 0) is 68.0 Å². The van der Waals surface area contributed by atoms with Crippen molar-refractivity contribution < 1.29 is 0 Å². The van der Waals surface area contributed by atoms with Crippen molar-refractivity contribution in [1.29, 1.82) is 0 Å². The third-order valence-electron chi connectivity index (χ3n) is 7.00. The minimum absolute atomic E-state index is 1.15. The van der Waals surface area contributed by atoms with Crippen LogP contribution in [-0.4, -0.2) is 0 Å². The van der Waals surface area contributed by atoms with Gasteiger partial charge in [-0.15, -0.1) is 0 Å². The zero-order chi connectivity index (χ0) is 23.2. The standard InChI is InChI=1S/C34H23N/c1-3-12-27(13-4-1)35(28-14-5-2-6-15-28)32-17-9-11-25-18-19-26-21-22-30-29-16-8-7-10-24(29)20-23-31(30)33(26)34(25)32/h1-23H. The molecular formula is C34H23N. The SMILES string of the molecule is c1ccc(N(c2ccccc2)c2cccc3ccc4ccc5c6ccccc6ccc5c4c23)cc1. The molecule has 0 bridgehead atoms. The molecule has 0 fully saturated rings. The summed E-state index contributed by atoms with van der Waals surface area (Å²) in [6.07, 6.45) is 0. The molecule has 0 saturated heterocycles. The maximum atomic E-state index is 2.38. The first kappa shape index (κ1) is 19.8. The van der Waals surface area contributed by atoms with Crippen molar-refractivity contribution in [3.63, 3.8) is 0 Å². The smallest absolute Gasteiger partial charge is 0.0546 e. The molecule has 0 aromatic heterocycles. The molecule has 0 unspecified atom stereocenters. The van der Waals surface area contributed by atoms with E-state index < -0.39 is 0 Å². The van der Waals surface area contributed by atoms with E-state index in [1.54, 1.807) is 0 Å². The minimum Gasteiger partial charge on any atom is -0.310 e. The lowest BCUT2D eigenvalue weighted by Gasteiger charge is -2.27. The van der Waals surface area contributed by atoms with Crippen molar-refractivity contribution in [3.8, 4) is 0 Å². The van der Waals surface area contributed by atoms with Gasteiger partial charge in [-0.1, -0.05) is 109 Å². The Balaban J connectivity index is 1.65. The fourth-order valence-electron chi connectivity index (χ4n) is 5.44. The van der Waals surface area contributed by atoms with Crippen LogP contribution >= 0.6 is 0 Å². The summed E-state index contributed by atoms with van der Waals surface area (Å²) in [6, 6.07) is 50.2. The molecule has 0 aliphatic carbocycles. The van der Waals surface area contributed by atoms with Crippen LogP contribution in [0.15, 0.2) is 140 Å². The van der Waals surface area contributed by atoms with Crippen molar-refractivity contribution in [2.45, 2.75) is 0 Å². The lowest BCUT2D eigenvalue weighted by Crippen LogP contribution is -2.10. The van der Waals surface area contributed by atoms with E-state index in [2.05, 4.69) is 144 Å². The van der Waals surface area contributed by atoms with Gasteiger partial charge in [0.1, 0.15) is 0 Å². The topological polar surface area (TPSA) is 3.24 Å². The van der Waals surface area contributed by atoms with E-state index in [-0.39, 0.29) is 0 Å². The average molecular weight is 446 g/mol. The molecule has 0 aliphatic heterocycles. The molecule has 1 nitrogen and oxygen atoms in total. The number of hydrogen-bond acceptors (Lipinski definition) is 1. The molecule has 0 spiro atoms. The van der Waals surface area contributed by atoms with Crippen molar-refractivity contribution in [1.82, 2.24) is 0 Å². The van der Waals surface area contributed by atoms with Gasteiger partial charge in [0.2, 0.25) is 0 Å². The Kier molecular flexibility index (Phi) is 4.53. The summed E-state index contributed by atoms with van der Waals surface area (Å²) in [6.45, 7) is 0. The third-order valence-corrected chi connectivity index (χ3v) is 7.00. The van der Waals surface area contributed by atoms with Gasteiger partial charge >= 0.3 is 0 Å². The summed E-state index contributed by atoms with van der Waals surface area (Å²) in [5.74, 6) is 0. The highest BCUT2D eigenvalue weighted by Crippen LogP contribution is 2.43. The summed E-state index contributed by atoms with van der Waals surface area (Å²) in [5.41, 5.74) is 3.48. The monoisotopic (exact) mass is 445 g/mol. The highest BCUT2D eigenvalue weighted by Gasteiger charge is 2.17. The third kappa shape index (κ3) is 3.17. The Bertz CT molecular complexity index is 1800. The van der Waals surface area contributed by atoms with E-state index >= 15 is 0 Å². The molecule has 0 saturated carbocycles. The van der Waals surface area contributed by atoms with Gasteiger partial charge in [0.25, 0.3) is 0 Å². The average Bonchev–Trinajstić information content (AvgIpc) is 2.94. The van der Waals surface area contributed by atoms with Gasteiger partial charge in [-0.2, -0.15) is 0 Å². The number of hydrogen-bond donors (Lipinski definition) is 0. The number of rotatable bonds is 3. The van der Waals surface area contributed by atoms with E-state index in [0.717, 1.165) is 11.4 Å². The lowest BCUT2D eigenvalue weighted by molar-refractivity contribution is 1.30. The van der Waals surface area contributed by atoms with Crippen LogP contribution in [0.25, 0.3) is 43.1 Å². The Morgan fingerprint density at radius 3 is 1.60 bits per heavy atom. The van der Waals surface area contributed by atoms with Gasteiger partial charge in [-0.3, -0.25) is 0 Å². The Morgan fingerprint density at radius 2 is 0.857 bits per heavy atom. The van der Waals surface area contributed by atoms with Crippen LogP contribution in [0.2, 0.25) is 0 Å². The summed E-state index contributed by atoms with van der Waals surface area (Å²) >= 11 is 0. The van der Waals surface area contributed by atoms with E-state index in [1.807, 2.05) is 0 Å². The first-order valence-electron chi connectivity index (χ1n) is 12.0. The summed E-state index contributed by atoms with van der Waals surface area (Å²) in [4.78, 5) is 2.38. The molecule has 1 heteroatoms. The van der Waals surface area contributed by atoms with Gasteiger partial charge in [0, 0.05) is 16.8 Å². The maximum Gasteiger partial charge on any atom is 0.0546 e. The molecule has 0 N–H and O–H groups in total. The van der Waals surface area contributed by atoms with Crippen LogP contribution in [-0.2, 0) is 0 Å². The number of anilines is 3. The molecule has 7 rings (SSSR count). The lowest BCUT2D eigenvalue weighted by atomic mass is 9.92. The van der Waals surface area contributed by atoms with E-state index in [1.165, 1.54) is 48.8 Å². The van der Waals surface area contributed by atoms with Crippen molar-refractivity contribution in [3.05, 3.63) is 140 Å². The largest absolute Gasteiger partial charge is 0.310 e. The maximum absolute atomic E-state index is 2.38. The number of fused-ring (bicyclic) bond motifs is 7. The first-order chi connectivity index (χ1) is 17.4. The fraction of sp³-hybridized carbons (Fsp3) is 0. The zero-order valence-corrected chi connectivity index (χ0v) is 19.2. The second kappa shape index (κ2) is 8.00. The molecule has 164 valence electrons. The highest BCUT2D eigenvalue weighted by atomic mass is 15.1. The Morgan fingerprint density at radius 1 is 0.314 bits per heavy atom. The van der Waals surface area contributed by atoms with Crippen LogP contribution in [0.4, 0.5) is 17.1 Å². The predicted octanol–water partition coefficient (Wildman–Crippen LogP) is 9.77. The van der Waals surface area contributed by atoms with Gasteiger partial charge in [0.05, 0.1) is 5.69 Å². The molecular weight excluding hydrogens is 422 g/mol. The second-order valence-electron chi connectivity index (χ2n) is 8.99. The molecule has 35 heavy (non-hydrogen) atoms. The highest BCUT2D eigenvalue weighted by molar-refractivity contribution is 6.27. The predicted molar refractivity (Wildman–Crippen MR) is 151 cm³/mol. The van der Waals surface area contributed by atoms with Crippen LogP contribution < -0.4 is 4.90 Å². The summed E-state index contributed by atoms with van der Waals surface area (Å²) in [7, 11) is 0. The van der Waals surface area contributed by atoms with Gasteiger partial charge in [-0.25, -0.2) is 0 Å². The quantitative estimate of drug-likeness (QED) is 0.245. The van der Waals surface area contributed by atoms with Crippen LogP contribution in [0.1, 0.15) is 0 Å². The number of para-hydroxylation sites is 2. The van der Waals surface area contributed by atoms with Crippen LogP contribution in [0, 0.1) is 0 Å². The minimum atomic E-state index is 1.15. The van der Waals surface area contributed by atoms with Crippen molar-refractivity contribution >= 4 is 60.2 Å². The molecule has 0 radical (unpaired) electrons. The van der Waals surface area contributed by atoms with Gasteiger partial charge in [0.15, 0.2) is 0 Å². The number of nitrogens with zero attached hydrogens (tertiary/aromatic N) is 1. The van der Waals surface area contributed by atoms with Gasteiger partial charge < -0.3 is 4.90 Å². The molecule has 7 aromatic rings. The van der Waals surface area contributed by atoms with E-state index in [4.69, 9.17) is 0 Å². The van der Waals surface area contributed by atoms with E-state index in [0.29, 0.717) is 0 Å². The normalized spacial score (nSPS) is 11.4. The fourth-order valence-corrected chi connectivity index (χ4v) is 5.44. The number of benzene rings is 7. The van der Waals surface area contributed by atoms with Crippen LogP contribution in [0.3, 0.4) is 0 Å². The molecule has 7 aromatic carbocycles. The summed E-state index contributed by atoms with van der Waals surface area (Å²) < 4.78 is 0. The van der Waals surface area contributed by atoms with Crippen molar-refractivity contribution in [2.75, 3.05) is 4.90 Å². The summed E-state index contributed by atoms with van der Waals surface area (Å²) in [5, 5.41) is 10.2. The van der Waals surface area contributed by atoms with Crippen molar-refractivity contribution in [2.24, 2.45) is 0 Å². The Hall–Kier alpha value is -4.62. The zero-order valence-electron chi connectivity index (χ0n) is 19.2. The Labute approximate surface area is 204 Å². The first-order valence-corrected chi connectivity index (χ1v) is 12.0. The molecule has 0 atom stereocenters. The van der Waals surface area contributed by atoms with E-state index in [9.17, 15) is 0 Å². The van der Waals surface area contributed by atoms with Crippen LogP contribution in [0.5, 0.6) is 0 Å². The molecule has 0 aliphatic rings.